The second-order valence-corrected chi connectivity index (χ2v) is 8.75. The van der Waals surface area contributed by atoms with Crippen LogP contribution in [0.1, 0.15) is 38.4 Å². The van der Waals surface area contributed by atoms with Crippen molar-refractivity contribution in [2.24, 2.45) is 0 Å². The monoisotopic (exact) mass is 560 g/mol. The fourth-order valence-electron chi connectivity index (χ4n) is 4.56. The maximum atomic E-state index is 9.95. The van der Waals surface area contributed by atoms with Gasteiger partial charge in [-0.25, -0.2) is 0 Å². The van der Waals surface area contributed by atoms with Crippen molar-refractivity contribution < 1.29 is 38.4 Å². The largest absolute Gasteiger partial charge is 0.0636 e. The maximum Gasteiger partial charge on any atom is 0.0636 e. The second-order valence-electron chi connectivity index (χ2n) is 8.75. The molecule has 0 saturated heterocycles. The Hall–Kier alpha value is -5.46. The summed E-state index contributed by atoms with van der Waals surface area (Å²) in [5.74, 6) is 0. The minimum atomic E-state index is -1.12. The molecule has 0 bridgehead atoms. The molecule has 0 aliphatic heterocycles. The Morgan fingerprint density at radius 3 is 1.40 bits per heavy atom. The molecule has 0 saturated carbocycles. The van der Waals surface area contributed by atoms with Crippen molar-refractivity contribution in [3.05, 3.63) is 169 Å². The van der Waals surface area contributed by atoms with E-state index in [2.05, 4.69) is 0 Å². The van der Waals surface area contributed by atoms with E-state index in [9.17, 15) is 13.7 Å². The van der Waals surface area contributed by atoms with Crippen LogP contribution in [0.2, 0.25) is 0 Å². The third-order valence-electron chi connectivity index (χ3n) is 6.38. The Morgan fingerprint density at radius 2 is 0.690 bits per heavy atom. The Balaban J connectivity index is 1.74. The quantitative estimate of drug-likeness (QED) is 0.188. The fourth-order valence-corrected chi connectivity index (χ4v) is 4.56. The Bertz CT molecular complexity index is 3710. The van der Waals surface area contributed by atoms with Gasteiger partial charge in [0.2, 0.25) is 0 Å². The summed E-state index contributed by atoms with van der Waals surface area (Å²) >= 11 is 0. The van der Waals surface area contributed by atoms with Crippen molar-refractivity contribution in [3.8, 4) is 44.5 Å². The van der Waals surface area contributed by atoms with Gasteiger partial charge in [-0.15, -0.1) is 0 Å². The van der Waals surface area contributed by atoms with Gasteiger partial charge >= 0.3 is 0 Å². The molecule has 42 heavy (non-hydrogen) atoms. The van der Waals surface area contributed by atoms with Crippen molar-refractivity contribution in [2.75, 3.05) is 0 Å². The summed E-state index contributed by atoms with van der Waals surface area (Å²) in [5.41, 5.74) is -6.69. The van der Waals surface area contributed by atoms with E-state index in [1.165, 1.54) is 0 Å². The van der Waals surface area contributed by atoms with Gasteiger partial charge in [-0.2, -0.15) is 0 Å². The van der Waals surface area contributed by atoms with Crippen LogP contribution in [0.3, 0.4) is 0 Å². The van der Waals surface area contributed by atoms with Crippen molar-refractivity contribution in [2.45, 2.75) is 0 Å². The van der Waals surface area contributed by atoms with Crippen LogP contribution in [-0.2, 0) is 0 Å². The highest BCUT2D eigenvalue weighted by molar-refractivity contribution is 6.22. The van der Waals surface area contributed by atoms with Crippen LogP contribution >= 0.6 is 0 Å². The first-order valence-electron chi connectivity index (χ1n) is 26.2. The summed E-state index contributed by atoms with van der Waals surface area (Å²) in [4.78, 5) is 0. The Kier molecular flexibility index (Phi) is 2.19. The first kappa shape index (κ1) is 9.02. The van der Waals surface area contributed by atoms with E-state index in [0.29, 0.717) is 0 Å². The lowest BCUT2D eigenvalue weighted by Crippen LogP contribution is -1.92. The average molecular weight is 561 g/mol. The molecule has 0 fully saturated rings. The molecule has 196 valence electrons. The van der Waals surface area contributed by atoms with Gasteiger partial charge in [0.05, 0.1) is 38.4 Å². The number of hydrogen-bond acceptors (Lipinski definition) is 0. The lowest BCUT2D eigenvalue weighted by molar-refractivity contribution is 1.61. The molecular weight excluding hydrogens is 504 g/mol. The van der Waals surface area contributed by atoms with E-state index in [1.807, 2.05) is 0 Å². The van der Waals surface area contributed by atoms with Crippen LogP contribution in [0, 0.1) is 0 Å². The molecule has 0 aromatic heterocycles. The number of rotatable bonds is 4. The highest BCUT2D eigenvalue weighted by atomic mass is 14.2. The van der Waals surface area contributed by atoms with Gasteiger partial charge in [0, 0.05) is 0 Å². The normalized spacial score (nSPS) is 20.7. The molecule has 0 aliphatic carbocycles. The molecule has 0 nitrogen and oxygen atoms in total. The van der Waals surface area contributed by atoms with Crippen molar-refractivity contribution in [1.82, 2.24) is 0 Å². The zero-order chi connectivity index (χ0) is 52.2. The fraction of sp³-hybridized carbons (Fsp3) is 0. The number of benzene rings is 8. The first-order chi connectivity index (χ1) is 32.5. The Morgan fingerprint density at radius 1 is 0.262 bits per heavy atom. The van der Waals surface area contributed by atoms with Crippen molar-refractivity contribution in [3.63, 3.8) is 0 Å². The van der Waals surface area contributed by atoms with E-state index in [4.69, 9.17) is 24.7 Å². The summed E-state index contributed by atoms with van der Waals surface area (Å²) in [6.45, 7) is 0. The molecule has 0 radical (unpaired) electrons. The van der Waals surface area contributed by atoms with Gasteiger partial charge < -0.3 is 0 Å². The predicted octanol–water partition coefficient (Wildman–Crippen LogP) is 11.8. The molecule has 0 atom stereocenters. The average Bonchev–Trinajstić information content (AvgIpc) is 3.32. The molecule has 8 aromatic carbocycles. The summed E-state index contributed by atoms with van der Waals surface area (Å²) in [5, 5.41) is -4.48. The van der Waals surface area contributed by atoms with Gasteiger partial charge in [-0.3, -0.25) is 0 Å². The minimum absolute atomic E-state index is 0.589. The number of fused-ring (bicyclic) bond motifs is 3. The molecule has 0 N–H and O–H groups in total. The summed E-state index contributed by atoms with van der Waals surface area (Å²) in [7, 11) is 0. The highest BCUT2D eigenvalue weighted by Gasteiger charge is 2.17. The summed E-state index contributed by atoms with van der Waals surface area (Å²) in [6, 6.07) is -27.5. The molecule has 8 aromatic rings. The lowest BCUT2D eigenvalue weighted by Gasteiger charge is -2.19. The van der Waals surface area contributed by atoms with Crippen LogP contribution in [0.5, 0.6) is 0 Å². The lowest BCUT2D eigenvalue weighted by atomic mass is 9.84. The predicted molar refractivity (Wildman–Crippen MR) is 181 cm³/mol. The van der Waals surface area contributed by atoms with E-state index in [0.717, 1.165) is 0 Å². The maximum absolute atomic E-state index is 9.95. The van der Waals surface area contributed by atoms with Crippen molar-refractivity contribution in [1.29, 1.82) is 0 Å². The van der Waals surface area contributed by atoms with Crippen LogP contribution < -0.4 is 0 Å². The molecular formula is C42H28. The topological polar surface area (TPSA) is 0 Å². The molecule has 8 rings (SSSR count). The molecule has 0 heterocycles. The van der Waals surface area contributed by atoms with E-state index in [-0.39, 0.29) is 0 Å². The zero-order valence-electron chi connectivity index (χ0n) is 49.0. The van der Waals surface area contributed by atoms with Crippen LogP contribution in [0.4, 0.5) is 0 Å². The zero-order valence-corrected chi connectivity index (χ0v) is 21.0. The summed E-state index contributed by atoms with van der Waals surface area (Å²) in [6.07, 6.45) is 0. The van der Waals surface area contributed by atoms with Crippen LogP contribution in [0.15, 0.2) is 169 Å². The smallest absolute Gasteiger partial charge is 0.0622 e. The first-order valence-corrected chi connectivity index (χ1v) is 12.2. The Labute approximate surface area is 285 Å². The van der Waals surface area contributed by atoms with Gasteiger partial charge in [-0.1, -0.05) is 157 Å². The van der Waals surface area contributed by atoms with E-state index < -0.39 is 246 Å². The van der Waals surface area contributed by atoms with E-state index >= 15 is 0 Å². The van der Waals surface area contributed by atoms with Gasteiger partial charge in [0.25, 0.3) is 0 Å². The second kappa shape index (κ2) is 10.2. The molecule has 0 unspecified atom stereocenters. The van der Waals surface area contributed by atoms with Gasteiger partial charge in [-0.05, 0) is 88.9 Å². The van der Waals surface area contributed by atoms with Crippen LogP contribution in [-0.4, -0.2) is 0 Å². The summed E-state index contributed by atoms with van der Waals surface area (Å²) < 4.78 is 249. The minimum Gasteiger partial charge on any atom is -0.0622 e. The third-order valence-corrected chi connectivity index (χ3v) is 6.38. The third kappa shape index (κ3) is 4.17. The highest BCUT2D eigenvalue weighted by Crippen LogP contribution is 2.45. The van der Waals surface area contributed by atoms with Gasteiger partial charge in [0.15, 0.2) is 0 Å². The van der Waals surface area contributed by atoms with E-state index in [1.54, 1.807) is 0 Å². The van der Waals surface area contributed by atoms with Gasteiger partial charge in [0.1, 0.15) is 0 Å². The number of hydrogen-bond donors (Lipinski definition) is 0. The standard InChI is InChI=1S/C42H28/c1-3-11-29(12-4-1)31-19-22-33(23-20-31)41-37-17-9-10-18-38(37)42(32-14-5-2-6-15-32)40-28-36(25-26-39(40)41)35-24-21-30-13-7-8-16-34(30)27-35/h1-28H/i1D,2D,3D,4D,5D,6D,7D,8D,9D,10D,11D,12D,13D,14D,15D,16D,17D,18D,19D,20D,21D,22D,23D,24D,25D,26D,27D,28D. The molecule has 0 aliphatic rings. The SMILES string of the molecule is [2H]c1c([2H])c([2H])c(-c2c([2H])c([2H])c(-c3c4c([2H])c([2H])c([2H])c([2H])c4c(-c4c([2H])c([2H])c([2H])c([2H])c4[2H])c4c([2H])c(-c5c([2H])c([2H])c6c([2H])c([2H])c([2H])c([2H])c6c5[2H])c([2H])c([2H])c34)c([2H])c2[2H])c([2H])c1[2H]. The van der Waals surface area contributed by atoms with Crippen molar-refractivity contribution >= 4 is 32.3 Å². The molecule has 0 spiro atoms. The molecule has 0 heteroatoms. The molecule has 0 amide bonds. The van der Waals surface area contributed by atoms with Crippen LogP contribution in [0.25, 0.3) is 76.8 Å².